The largest absolute Gasteiger partial charge is 0.741 e. The molecule has 0 amide bonds. The Balaban J connectivity index is 0.000000371. The molecule has 4 rings (SSSR count). The first-order valence-electron chi connectivity index (χ1n) is 10.2. The lowest BCUT2D eigenvalue weighted by Gasteiger charge is -2.25. The van der Waals surface area contributed by atoms with E-state index >= 15 is 0 Å². The molecule has 9 heteroatoms. The number of para-hydroxylation sites is 2. The topological polar surface area (TPSA) is 69.6 Å². The van der Waals surface area contributed by atoms with E-state index < -0.39 is 15.6 Å². The van der Waals surface area contributed by atoms with Crippen molar-refractivity contribution in [2.75, 3.05) is 13.6 Å². The van der Waals surface area contributed by atoms with Crippen LogP contribution in [0.25, 0.3) is 0 Å². The quantitative estimate of drug-likeness (QED) is 0.210. The number of hydrogen-bond acceptors (Lipinski definition) is 4. The van der Waals surface area contributed by atoms with Gasteiger partial charge in [0.2, 0.25) is 0 Å². The average molecular weight is 497 g/mol. The highest BCUT2D eigenvalue weighted by Crippen LogP contribution is 2.38. The molecule has 35 heavy (non-hydrogen) atoms. The van der Waals surface area contributed by atoms with Gasteiger partial charge in [-0.3, -0.25) is 0 Å². The Labute approximate surface area is 201 Å². The fourth-order valence-electron chi connectivity index (χ4n) is 3.10. The molecule has 0 aliphatic carbocycles. The van der Waals surface area contributed by atoms with Gasteiger partial charge in [0, 0.05) is 23.1 Å². The molecule has 5 nitrogen and oxygen atoms in total. The minimum atomic E-state index is -6.09. The maximum atomic E-state index is 10.7. The summed E-state index contributed by atoms with van der Waals surface area (Å²) in [5.74, 6) is 13.9. The highest BCUT2D eigenvalue weighted by molar-refractivity contribution is 7.86. The summed E-state index contributed by atoms with van der Waals surface area (Å²) in [7, 11) is -3.96. The van der Waals surface area contributed by atoms with Crippen molar-refractivity contribution in [3.63, 3.8) is 0 Å². The van der Waals surface area contributed by atoms with Crippen LogP contribution in [-0.2, 0) is 10.1 Å². The van der Waals surface area contributed by atoms with Crippen LogP contribution in [0.3, 0.4) is 0 Å². The molecule has 3 aromatic carbocycles. The Morgan fingerprint density at radius 3 is 1.86 bits per heavy atom. The molecule has 0 spiro atoms. The zero-order chi connectivity index (χ0) is 25.5. The van der Waals surface area contributed by atoms with Crippen LogP contribution in [0.5, 0.6) is 0 Å². The van der Waals surface area contributed by atoms with Crippen LogP contribution in [0.15, 0.2) is 89.9 Å². The number of quaternary nitrogens is 1. The summed E-state index contributed by atoms with van der Waals surface area (Å²) in [6, 6.07) is 28.3. The van der Waals surface area contributed by atoms with Crippen molar-refractivity contribution in [2.45, 2.75) is 5.51 Å². The Kier molecular flexibility index (Phi) is 7.78. The van der Waals surface area contributed by atoms with E-state index in [0.717, 1.165) is 28.3 Å². The minimum Gasteiger partial charge on any atom is -0.741 e. The Morgan fingerprint density at radius 2 is 1.31 bits per heavy atom. The van der Waals surface area contributed by atoms with Gasteiger partial charge in [-0.25, -0.2) is 12.9 Å². The highest BCUT2D eigenvalue weighted by Gasteiger charge is 2.38. The molecular weight excluding hydrogens is 477 g/mol. The lowest BCUT2D eigenvalue weighted by molar-refractivity contribution is -0.0517. The van der Waals surface area contributed by atoms with Crippen LogP contribution in [0.4, 0.5) is 24.5 Å². The summed E-state index contributed by atoms with van der Waals surface area (Å²) < 4.78 is 59.4. The second-order valence-corrected chi connectivity index (χ2v) is 8.83. The number of halogens is 3. The molecular formula is C26H19F3N2O3S. The third-order valence-corrected chi connectivity index (χ3v) is 5.45. The van der Waals surface area contributed by atoms with Crippen LogP contribution in [0.2, 0.25) is 0 Å². The van der Waals surface area contributed by atoms with E-state index in [1.54, 1.807) is 0 Å². The summed E-state index contributed by atoms with van der Waals surface area (Å²) in [6.45, 7) is 0.619. The maximum Gasteiger partial charge on any atom is 0.485 e. The fraction of sp³-hybridized carbons (Fsp3) is 0.115. The Hall–Kier alpha value is -3.89. The molecule has 3 aromatic rings. The van der Waals surface area contributed by atoms with Gasteiger partial charge in [0.25, 0.3) is 5.84 Å². The van der Waals surface area contributed by atoms with E-state index in [1.807, 2.05) is 78.9 Å². The van der Waals surface area contributed by atoms with Gasteiger partial charge in [0.05, 0.1) is 7.05 Å². The predicted molar refractivity (Wildman–Crippen MR) is 129 cm³/mol. The summed E-state index contributed by atoms with van der Waals surface area (Å²) in [5.41, 5.74) is -1.54. The highest BCUT2D eigenvalue weighted by atomic mass is 32.2. The van der Waals surface area contributed by atoms with Gasteiger partial charge in [0.1, 0.15) is 5.69 Å². The van der Waals surface area contributed by atoms with Crippen molar-refractivity contribution >= 4 is 27.3 Å². The predicted octanol–water partition coefficient (Wildman–Crippen LogP) is 4.82. The molecule has 0 saturated heterocycles. The van der Waals surface area contributed by atoms with E-state index in [-0.39, 0.29) is 0 Å². The number of amidine groups is 1. The van der Waals surface area contributed by atoms with Gasteiger partial charge < -0.3 is 4.55 Å². The van der Waals surface area contributed by atoms with E-state index in [1.165, 1.54) is 0 Å². The summed E-state index contributed by atoms with van der Waals surface area (Å²) in [4.78, 5) is 4.79. The first-order valence-corrected chi connectivity index (χ1v) is 11.6. The second kappa shape index (κ2) is 10.6. The van der Waals surface area contributed by atoms with E-state index in [4.69, 9.17) is 18.0 Å². The molecule has 0 radical (unpaired) electrons. The van der Waals surface area contributed by atoms with E-state index in [9.17, 15) is 13.2 Å². The lowest BCUT2D eigenvalue weighted by Crippen LogP contribution is -2.48. The fourth-order valence-corrected chi connectivity index (χ4v) is 3.10. The third-order valence-electron chi connectivity index (χ3n) is 4.88. The van der Waals surface area contributed by atoms with Crippen molar-refractivity contribution < 1.29 is 26.1 Å². The average Bonchev–Trinajstić information content (AvgIpc) is 3.10. The van der Waals surface area contributed by atoms with Crippen molar-refractivity contribution in [1.82, 2.24) is 4.48 Å². The first-order chi connectivity index (χ1) is 16.5. The molecule has 1 aliphatic heterocycles. The number of aliphatic imine (C=N–C) groups is 1. The molecule has 0 N–H and O–H groups in total. The van der Waals surface area contributed by atoms with Gasteiger partial charge in [-0.15, -0.1) is 0 Å². The van der Waals surface area contributed by atoms with Crippen molar-refractivity contribution in [1.29, 1.82) is 0 Å². The molecule has 1 atom stereocenters. The van der Waals surface area contributed by atoms with Crippen LogP contribution in [0.1, 0.15) is 11.1 Å². The lowest BCUT2D eigenvalue weighted by atomic mass is 10.2. The maximum absolute atomic E-state index is 10.7. The monoisotopic (exact) mass is 496 g/mol. The molecule has 0 aromatic heterocycles. The molecule has 1 heterocycles. The zero-order valence-electron chi connectivity index (χ0n) is 18.5. The number of alkyl halides is 3. The Bertz CT molecular complexity index is 1450. The van der Waals surface area contributed by atoms with Gasteiger partial charge in [-0.1, -0.05) is 60.4 Å². The van der Waals surface area contributed by atoms with Crippen molar-refractivity contribution in [2.24, 2.45) is 4.99 Å². The van der Waals surface area contributed by atoms with Crippen LogP contribution < -0.4 is 4.48 Å². The Morgan fingerprint density at radius 1 is 0.829 bits per heavy atom. The zero-order valence-corrected chi connectivity index (χ0v) is 19.3. The normalized spacial score (nSPS) is 16.3. The first kappa shape index (κ1) is 25.7. The number of benzene rings is 3. The smallest absolute Gasteiger partial charge is 0.485 e. The van der Waals surface area contributed by atoms with Crippen LogP contribution >= 0.6 is 0 Å². The number of rotatable bonds is 1. The SMILES string of the molecule is C[N+]1(CC#Cc2ccccc2)C(C#Cc2ccccc2)=Nc2ccccc21.O=S(=O)([O-])C(F)(F)F. The second-order valence-electron chi connectivity index (χ2n) is 7.46. The summed E-state index contributed by atoms with van der Waals surface area (Å²) in [6.07, 6.45) is 0. The molecule has 0 bridgehead atoms. The van der Waals surface area contributed by atoms with Crippen molar-refractivity contribution in [3.8, 4) is 23.7 Å². The summed E-state index contributed by atoms with van der Waals surface area (Å²) >= 11 is 0. The third kappa shape index (κ3) is 6.58. The van der Waals surface area contributed by atoms with Crippen LogP contribution in [-0.4, -0.2) is 37.9 Å². The minimum absolute atomic E-state index is 0.496. The molecule has 0 fully saturated rings. The van der Waals surface area contributed by atoms with Crippen molar-refractivity contribution in [3.05, 3.63) is 96.1 Å². The summed E-state index contributed by atoms with van der Waals surface area (Å²) in [5, 5.41) is 0. The van der Waals surface area contributed by atoms with Gasteiger partial charge in [-0.05, 0) is 36.3 Å². The van der Waals surface area contributed by atoms with Gasteiger partial charge in [-0.2, -0.15) is 18.2 Å². The number of fused-ring (bicyclic) bond motifs is 1. The van der Waals surface area contributed by atoms with E-state index in [2.05, 4.69) is 36.8 Å². The van der Waals surface area contributed by atoms with Gasteiger partial charge >= 0.3 is 5.51 Å². The standard InChI is InChI=1S/C25H19N2.CHF3O3S/c1-27(20-10-15-21-11-4-2-5-12-21)24-17-9-8-16-23(24)26-25(27)19-18-22-13-6-3-7-14-22;2-1(3,4)8(5,6)7/h2-9,11-14,16-17H,20H2,1H3;(H,5,6,7)/q+1;/p-1. The number of nitrogens with zero attached hydrogens (tertiary/aromatic N) is 2. The molecule has 178 valence electrons. The van der Waals surface area contributed by atoms with Gasteiger partial charge in [0.15, 0.2) is 22.4 Å². The molecule has 1 unspecified atom stereocenters. The van der Waals surface area contributed by atoms with Crippen LogP contribution in [0, 0.1) is 23.7 Å². The molecule has 0 saturated carbocycles. The number of hydrogen-bond donors (Lipinski definition) is 0. The van der Waals surface area contributed by atoms with E-state index in [0.29, 0.717) is 11.0 Å². The molecule has 1 aliphatic rings.